The van der Waals surface area contributed by atoms with E-state index < -0.39 is 11.7 Å². The van der Waals surface area contributed by atoms with Crippen LogP contribution in [0.2, 0.25) is 0 Å². The summed E-state index contributed by atoms with van der Waals surface area (Å²) in [5, 5.41) is 9.30. The first kappa shape index (κ1) is 14.9. The molecule has 6 heteroatoms. The summed E-state index contributed by atoms with van der Waals surface area (Å²) in [6.07, 6.45) is -3.29. The van der Waals surface area contributed by atoms with Gasteiger partial charge in [0.15, 0.2) is 0 Å². The number of fused-ring (bicyclic) bond motifs is 1. The maximum Gasteiger partial charge on any atom is 0.416 e. The summed E-state index contributed by atoms with van der Waals surface area (Å²) >= 11 is 0. The molecule has 0 amide bonds. The third-order valence-electron chi connectivity index (χ3n) is 3.33. The average molecular weight is 313 g/mol. The summed E-state index contributed by atoms with van der Waals surface area (Å²) in [4.78, 5) is 7.19. The highest BCUT2D eigenvalue weighted by Crippen LogP contribution is 2.33. The molecule has 1 heterocycles. The molecular formula is C17H10F3N3. The number of para-hydroxylation sites is 2. The van der Waals surface area contributed by atoms with Crippen LogP contribution in [0.5, 0.6) is 0 Å². The topological polar surface area (TPSA) is 52.5 Å². The van der Waals surface area contributed by atoms with Gasteiger partial charge in [0.1, 0.15) is 11.9 Å². The minimum absolute atomic E-state index is 0.0397. The zero-order valence-electron chi connectivity index (χ0n) is 11.7. The minimum atomic E-state index is -4.48. The molecule has 3 rings (SSSR count). The second-order valence-electron chi connectivity index (χ2n) is 4.86. The van der Waals surface area contributed by atoms with Crippen LogP contribution in [0.4, 0.5) is 13.2 Å². The number of aromatic nitrogens is 2. The molecule has 0 spiro atoms. The first-order chi connectivity index (χ1) is 11.0. The van der Waals surface area contributed by atoms with Crippen molar-refractivity contribution in [1.29, 1.82) is 5.26 Å². The van der Waals surface area contributed by atoms with Gasteiger partial charge in [-0.1, -0.05) is 30.3 Å². The molecule has 3 aromatic rings. The van der Waals surface area contributed by atoms with Crippen molar-refractivity contribution in [2.24, 2.45) is 0 Å². The molecule has 0 atom stereocenters. The molecule has 3 nitrogen and oxygen atoms in total. The van der Waals surface area contributed by atoms with Gasteiger partial charge in [-0.25, -0.2) is 4.98 Å². The predicted octanol–water partition coefficient (Wildman–Crippen LogP) is 4.65. The number of allylic oxidation sites excluding steroid dienone is 1. The van der Waals surface area contributed by atoms with Gasteiger partial charge in [-0.3, -0.25) is 0 Å². The van der Waals surface area contributed by atoms with Crippen LogP contribution in [0.25, 0.3) is 22.7 Å². The van der Waals surface area contributed by atoms with E-state index in [9.17, 15) is 18.4 Å². The number of alkyl halides is 3. The molecule has 2 aromatic carbocycles. The number of rotatable bonds is 2. The Kier molecular flexibility index (Phi) is 3.62. The van der Waals surface area contributed by atoms with Crippen molar-refractivity contribution in [1.82, 2.24) is 9.97 Å². The number of nitrogens with zero attached hydrogens (tertiary/aromatic N) is 2. The quantitative estimate of drug-likeness (QED) is 0.700. The van der Waals surface area contributed by atoms with Crippen molar-refractivity contribution in [3.63, 3.8) is 0 Å². The van der Waals surface area contributed by atoms with E-state index in [-0.39, 0.29) is 17.0 Å². The van der Waals surface area contributed by atoms with Gasteiger partial charge in [0, 0.05) is 0 Å². The molecule has 0 bridgehead atoms. The first-order valence-corrected chi connectivity index (χ1v) is 6.72. The fourth-order valence-corrected chi connectivity index (χ4v) is 2.27. The summed E-state index contributed by atoms with van der Waals surface area (Å²) in [5.41, 5.74) is 0.541. The van der Waals surface area contributed by atoms with Crippen LogP contribution in [-0.4, -0.2) is 9.97 Å². The zero-order valence-corrected chi connectivity index (χ0v) is 11.7. The summed E-state index contributed by atoms with van der Waals surface area (Å²) < 4.78 is 39.1. The molecule has 0 unspecified atom stereocenters. The number of hydrogen-bond donors (Lipinski definition) is 1. The van der Waals surface area contributed by atoms with Gasteiger partial charge in [0.2, 0.25) is 0 Å². The Morgan fingerprint density at radius 1 is 1.09 bits per heavy atom. The normalized spacial score (nSPS) is 12.3. The van der Waals surface area contributed by atoms with Gasteiger partial charge >= 0.3 is 6.18 Å². The van der Waals surface area contributed by atoms with Gasteiger partial charge in [-0.15, -0.1) is 0 Å². The summed E-state index contributed by atoms with van der Waals surface area (Å²) in [6.45, 7) is 0. The second kappa shape index (κ2) is 5.61. The third-order valence-corrected chi connectivity index (χ3v) is 3.33. The number of nitrogens with one attached hydrogen (secondary N) is 1. The van der Waals surface area contributed by atoms with Crippen LogP contribution in [-0.2, 0) is 6.18 Å². The lowest BCUT2D eigenvalue weighted by molar-refractivity contribution is -0.137. The van der Waals surface area contributed by atoms with Crippen molar-refractivity contribution in [3.8, 4) is 6.07 Å². The van der Waals surface area contributed by atoms with E-state index in [1.807, 2.05) is 6.07 Å². The Morgan fingerprint density at radius 3 is 2.48 bits per heavy atom. The maximum atomic E-state index is 13.0. The van der Waals surface area contributed by atoms with E-state index in [0.717, 1.165) is 6.07 Å². The van der Waals surface area contributed by atoms with E-state index in [4.69, 9.17) is 0 Å². The number of imidazole rings is 1. The maximum absolute atomic E-state index is 13.0. The fraction of sp³-hybridized carbons (Fsp3) is 0.0588. The molecule has 1 aromatic heterocycles. The van der Waals surface area contributed by atoms with Crippen LogP contribution >= 0.6 is 0 Å². The largest absolute Gasteiger partial charge is 0.416 e. The molecule has 1 N–H and O–H groups in total. The first-order valence-electron chi connectivity index (χ1n) is 6.72. The zero-order chi connectivity index (χ0) is 16.4. The standard InChI is InChI=1S/C17H10F3N3/c18-17(19,20)13-6-2-1-5-11(13)9-12(10-21)16-22-14-7-3-4-8-15(14)23-16/h1-9H,(H,22,23). The van der Waals surface area contributed by atoms with E-state index in [2.05, 4.69) is 9.97 Å². The molecular weight excluding hydrogens is 303 g/mol. The van der Waals surface area contributed by atoms with E-state index in [1.54, 1.807) is 24.3 Å². The molecule has 0 saturated heterocycles. The number of nitriles is 1. The van der Waals surface area contributed by atoms with Crippen molar-refractivity contribution in [2.45, 2.75) is 6.18 Å². The second-order valence-corrected chi connectivity index (χ2v) is 4.86. The van der Waals surface area contributed by atoms with Gasteiger partial charge in [-0.05, 0) is 29.8 Å². The third kappa shape index (κ3) is 2.94. The number of halogens is 3. The van der Waals surface area contributed by atoms with Gasteiger partial charge in [-0.2, -0.15) is 18.4 Å². The van der Waals surface area contributed by atoms with Gasteiger partial charge < -0.3 is 4.98 Å². The van der Waals surface area contributed by atoms with Gasteiger partial charge in [0.25, 0.3) is 0 Å². The monoisotopic (exact) mass is 313 g/mol. The highest BCUT2D eigenvalue weighted by Gasteiger charge is 2.32. The molecule has 23 heavy (non-hydrogen) atoms. The van der Waals surface area contributed by atoms with Crippen molar-refractivity contribution in [2.75, 3.05) is 0 Å². The molecule has 0 aliphatic rings. The fourth-order valence-electron chi connectivity index (χ4n) is 2.27. The van der Waals surface area contributed by atoms with Crippen LogP contribution in [0, 0.1) is 11.3 Å². The Balaban J connectivity index is 2.12. The van der Waals surface area contributed by atoms with E-state index in [1.165, 1.54) is 24.3 Å². The molecule has 0 saturated carbocycles. The highest BCUT2D eigenvalue weighted by atomic mass is 19.4. The number of benzene rings is 2. The summed E-state index contributed by atoms with van der Waals surface area (Å²) in [6, 6.07) is 14.2. The number of hydrogen-bond acceptors (Lipinski definition) is 2. The van der Waals surface area contributed by atoms with Crippen molar-refractivity contribution < 1.29 is 13.2 Å². The highest BCUT2D eigenvalue weighted by molar-refractivity contribution is 5.90. The Morgan fingerprint density at radius 2 is 1.78 bits per heavy atom. The molecule has 0 radical (unpaired) electrons. The van der Waals surface area contributed by atoms with Crippen LogP contribution in [0.1, 0.15) is 17.0 Å². The van der Waals surface area contributed by atoms with Crippen molar-refractivity contribution in [3.05, 3.63) is 65.5 Å². The van der Waals surface area contributed by atoms with Crippen molar-refractivity contribution >= 4 is 22.7 Å². The van der Waals surface area contributed by atoms with Crippen LogP contribution in [0.15, 0.2) is 48.5 Å². The van der Waals surface area contributed by atoms with Crippen LogP contribution in [0.3, 0.4) is 0 Å². The molecule has 114 valence electrons. The summed E-state index contributed by atoms with van der Waals surface area (Å²) in [5.74, 6) is 0.241. The van der Waals surface area contributed by atoms with Crippen LogP contribution < -0.4 is 0 Å². The lowest BCUT2D eigenvalue weighted by atomic mass is 10.0. The summed E-state index contributed by atoms with van der Waals surface area (Å²) in [7, 11) is 0. The van der Waals surface area contributed by atoms with E-state index >= 15 is 0 Å². The number of H-pyrrole nitrogens is 1. The number of aromatic amines is 1. The van der Waals surface area contributed by atoms with Gasteiger partial charge in [0.05, 0.1) is 22.2 Å². The molecule has 0 aliphatic heterocycles. The predicted molar refractivity (Wildman–Crippen MR) is 81.0 cm³/mol. The Bertz CT molecular complexity index is 897. The Labute approximate surface area is 129 Å². The Hall–Kier alpha value is -3.07. The minimum Gasteiger partial charge on any atom is -0.337 e. The smallest absolute Gasteiger partial charge is 0.337 e. The molecule has 0 fully saturated rings. The van der Waals surface area contributed by atoms with E-state index in [0.29, 0.717) is 11.0 Å². The molecule has 0 aliphatic carbocycles. The lowest BCUT2D eigenvalue weighted by Gasteiger charge is -2.09. The lowest BCUT2D eigenvalue weighted by Crippen LogP contribution is -2.07. The SMILES string of the molecule is N#CC(=Cc1ccccc1C(F)(F)F)c1nc2ccccc2[nH]1. The average Bonchev–Trinajstić information content (AvgIpc) is 2.95.